The highest BCUT2D eigenvalue weighted by molar-refractivity contribution is 5.89. The first-order chi connectivity index (χ1) is 11.5. The SMILES string of the molecule is CCCCCCC(CN(O)C=O)C(=O)N[C@H](C(=O)N(C)C)C(C)(C)C. The van der Waals surface area contributed by atoms with Crippen molar-refractivity contribution in [2.45, 2.75) is 65.8 Å². The smallest absolute Gasteiger partial charge is 0.245 e. The predicted molar refractivity (Wildman–Crippen MR) is 96.9 cm³/mol. The van der Waals surface area contributed by atoms with Crippen molar-refractivity contribution in [3.8, 4) is 0 Å². The molecule has 0 aliphatic heterocycles. The summed E-state index contributed by atoms with van der Waals surface area (Å²) in [5.41, 5.74) is -0.451. The molecule has 0 radical (unpaired) electrons. The third-order valence-corrected chi connectivity index (χ3v) is 4.15. The van der Waals surface area contributed by atoms with Gasteiger partial charge < -0.3 is 10.2 Å². The van der Waals surface area contributed by atoms with Crippen LogP contribution in [0.2, 0.25) is 0 Å². The topological polar surface area (TPSA) is 90.0 Å². The van der Waals surface area contributed by atoms with Gasteiger partial charge in [0.2, 0.25) is 18.2 Å². The third kappa shape index (κ3) is 8.86. The van der Waals surface area contributed by atoms with Crippen LogP contribution in [0.4, 0.5) is 0 Å². The van der Waals surface area contributed by atoms with Gasteiger partial charge in [-0.15, -0.1) is 0 Å². The average molecular weight is 357 g/mol. The van der Waals surface area contributed by atoms with Gasteiger partial charge in [0.15, 0.2) is 0 Å². The van der Waals surface area contributed by atoms with Crippen LogP contribution in [0.5, 0.6) is 0 Å². The average Bonchev–Trinajstić information content (AvgIpc) is 2.52. The van der Waals surface area contributed by atoms with Crippen LogP contribution in [-0.2, 0) is 14.4 Å². The van der Waals surface area contributed by atoms with Crippen molar-refractivity contribution in [3.63, 3.8) is 0 Å². The van der Waals surface area contributed by atoms with E-state index in [1.165, 1.54) is 4.90 Å². The van der Waals surface area contributed by atoms with E-state index >= 15 is 0 Å². The molecular formula is C18H35N3O4. The summed E-state index contributed by atoms with van der Waals surface area (Å²) in [7, 11) is 3.30. The Kier molecular flexibility index (Phi) is 10.4. The molecule has 0 saturated carbocycles. The van der Waals surface area contributed by atoms with Crippen LogP contribution in [-0.4, -0.2) is 60.1 Å². The molecule has 2 atom stereocenters. The second kappa shape index (κ2) is 11.1. The first-order valence-corrected chi connectivity index (χ1v) is 8.96. The van der Waals surface area contributed by atoms with Crippen molar-refractivity contribution in [1.29, 1.82) is 0 Å². The summed E-state index contributed by atoms with van der Waals surface area (Å²) in [5.74, 6) is -1.04. The van der Waals surface area contributed by atoms with Gasteiger partial charge in [0.1, 0.15) is 6.04 Å². The van der Waals surface area contributed by atoms with Crippen molar-refractivity contribution in [1.82, 2.24) is 15.3 Å². The van der Waals surface area contributed by atoms with Gasteiger partial charge in [-0.25, -0.2) is 5.06 Å². The van der Waals surface area contributed by atoms with Crippen molar-refractivity contribution in [3.05, 3.63) is 0 Å². The molecule has 0 aromatic rings. The molecule has 2 N–H and O–H groups in total. The minimum absolute atomic E-state index is 0.0749. The zero-order valence-corrected chi connectivity index (χ0v) is 16.5. The molecule has 0 fully saturated rings. The van der Waals surface area contributed by atoms with Crippen LogP contribution in [0.15, 0.2) is 0 Å². The number of rotatable bonds is 11. The molecular weight excluding hydrogens is 322 g/mol. The minimum atomic E-state index is -0.670. The van der Waals surface area contributed by atoms with Gasteiger partial charge in [0.25, 0.3) is 0 Å². The molecule has 0 bridgehead atoms. The molecule has 1 unspecified atom stereocenters. The monoisotopic (exact) mass is 357 g/mol. The fourth-order valence-corrected chi connectivity index (χ4v) is 2.56. The van der Waals surface area contributed by atoms with Crippen LogP contribution in [0, 0.1) is 11.3 Å². The van der Waals surface area contributed by atoms with Gasteiger partial charge in [-0.3, -0.25) is 19.6 Å². The van der Waals surface area contributed by atoms with E-state index in [4.69, 9.17) is 0 Å². The highest BCUT2D eigenvalue weighted by Crippen LogP contribution is 2.22. The van der Waals surface area contributed by atoms with E-state index in [2.05, 4.69) is 12.2 Å². The summed E-state index contributed by atoms with van der Waals surface area (Å²) in [4.78, 5) is 37.3. The van der Waals surface area contributed by atoms with E-state index in [-0.39, 0.29) is 18.4 Å². The first kappa shape index (κ1) is 23.4. The Hall–Kier alpha value is -1.63. The van der Waals surface area contributed by atoms with E-state index in [1.54, 1.807) is 14.1 Å². The molecule has 0 aromatic heterocycles. The zero-order chi connectivity index (χ0) is 19.6. The van der Waals surface area contributed by atoms with Gasteiger partial charge >= 0.3 is 0 Å². The lowest BCUT2D eigenvalue weighted by Crippen LogP contribution is -2.55. The molecule has 0 saturated heterocycles. The normalized spacial score (nSPS) is 13.7. The van der Waals surface area contributed by atoms with Crippen molar-refractivity contribution < 1.29 is 19.6 Å². The summed E-state index contributed by atoms with van der Waals surface area (Å²) in [6.45, 7) is 7.69. The van der Waals surface area contributed by atoms with Gasteiger partial charge in [-0.2, -0.15) is 0 Å². The highest BCUT2D eigenvalue weighted by atomic mass is 16.5. The van der Waals surface area contributed by atoms with E-state index in [9.17, 15) is 19.6 Å². The Labute approximate surface area is 151 Å². The maximum Gasteiger partial charge on any atom is 0.245 e. The van der Waals surface area contributed by atoms with Crippen LogP contribution in [0.3, 0.4) is 0 Å². The van der Waals surface area contributed by atoms with Gasteiger partial charge in [-0.1, -0.05) is 53.4 Å². The second-order valence-corrected chi connectivity index (χ2v) is 7.81. The lowest BCUT2D eigenvalue weighted by atomic mass is 9.85. The van der Waals surface area contributed by atoms with E-state index in [0.717, 1.165) is 25.7 Å². The zero-order valence-electron chi connectivity index (χ0n) is 16.5. The largest absolute Gasteiger partial charge is 0.347 e. The number of amides is 3. The molecule has 0 aliphatic rings. The number of hydrogen-bond acceptors (Lipinski definition) is 4. The van der Waals surface area contributed by atoms with Crippen molar-refractivity contribution in [2.75, 3.05) is 20.6 Å². The lowest BCUT2D eigenvalue weighted by molar-refractivity contribution is -0.155. The fraction of sp³-hybridized carbons (Fsp3) is 0.833. The number of likely N-dealkylation sites (N-methyl/N-ethyl adjacent to an activating group) is 1. The fourth-order valence-electron chi connectivity index (χ4n) is 2.56. The van der Waals surface area contributed by atoms with E-state index < -0.39 is 17.4 Å². The molecule has 7 nitrogen and oxygen atoms in total. The highest BCUT2D eigenvalue weighted by Gasteiger charge is 2.35. The summed E-state index contributed by atoms with van der Waals surface area (Å²) < 4.78 is 0. The predicted octanol–water partition coefficient (Wildman–Crippen LogP) is 2.04. The van der Waals surface area contributed by atoms with Gasteiger partial charge in [-0.05, 0) is 11.8 Å². The maximum atomic E-state index is 12.7. The molecule has 0 aliphatic carbocycles. The van der Waals surface area contributed by atoms with Crippen LogP contribution < -0.4 is 5.32 Å². The molecule has 146 valence electrons. The number of nitrogens with one attached hydrogen (secondary N) is 1. The molecule has 3 amide bonds. The lowest BCUT2D eigenvalue weighted by Gasteiger charge is -2.33. The van der Waals surface area contributed by atoms with Crippen LogP contribution >= 0.6 is 0 Å². The number of carbonyl (C=O) groups excluding carboxylic acids is 3. The summed E-state index contributed by atoms with van der Waals surface area (Å²) in [5, 5.41) is 12.8. The van der Waals surface area contributed by atoms with Crippen LogP contribution in [0.1, 0.15) is 59.8 Å². The number of unbranched alkanes of at least 4 members (excludes halogenated alkanes) is 3. The molecule has 7 heteroatoms. The van der Waals surface area contributed by atoms with E-state index in [1.807, 2.05) is 20.8 Å². The maximum absolute atomic E-state index is 12.7. The molecule has 25 heavy (non-hydrogen) atoms. The summed E-state index contributed by atoms with van der Waals surface area (Å²) in [6, 6.07) is -0.670. The molecule has 0 aromatic carbocycles. The summed E-state index contributed by atoms with van der Waals surface area (Å²) >= 11 is 0. The van der Waals surface area contributed by atoms with Crippen LogP contribution in [0.25, 0.3) is 0 Å². The quantitative estimate of drug-likeness (QED) is 0.256. The number of hydrogen-bond donors (Lipinski definition) is 2. The molecule has 0 heterocycles. The third-order valence-electron chi connectivity index (χ3n) is 4.15. The standard InChI is InChI=1S/C18H35N3O4/c1-7-8-9-10-11-14(12-21(25)13-22)16(23)19-15(18(2,3)4)17(24)20(5)6/h13-15,25H,7-12H2,1-6H3,(H,19,23)/t14?,15-/m1/s1. The Balaban J connectivity index is 5.10. The first-order valence-electron chi connectivity index (χ1n) is 8.96. The Morgan fingerprint density at radius 2 is 1.76 bits per heavy atom. The molecule has 0 rings (SSSR count). The molecule has 0 spiro atoms. The minimum Gasteiger partial charge on any atom is -0.347 e. The second-order valence-electron chi connectivity index (χ2n) is 7.81. The summed E-state index contributed by atoms with van der Waals surface area (Å²) in [6.07, 6.45) is 4.84. The Bertz CT molecular complexity index is 433. The van der Waals surface area contributed by atoms with Gasteiger partial charge in [0, 0.05) is 14.1 Å². The Morgan fingerprint density at radius 1 is 1.16 bits per heavy atom. The van der Waals surface area contributed by atoms with Crippen molar-refractivity contribution in [2.24, 2.45) is 11.3 Å². The van der Waals surface area contributed by atoms with Crippen molar-refractivity contribution >= 4 is 18.2 Å². The number of nitrogens with zero attached hydrogens (tertiary/aromatic N) is 2. The number of carbonyl (C=O) groups is 3. The number of hydroxylamine groups is 2. The Morgan fingerprint density at radius 3 is 2.20 bits per heavy atom. The van der Waals surface area contributed by atoms with Gasteiger partial charge in [0.05, 0.1) is 12.5 Å². The van der Waals surface area contributed by atoms with E-state index in [0.29, 0.717) is 17.9 Å².